The number of carbonyl (C=O) groups is 1. The minimum Gasteiger partial charge on any atom is -0.493 e. The molecule has 0 aliphatic rings. The smallest absolute Gasteiger partial charge is 0.243 e. The Morgan fingerprint density at radius 3 is 2.06 bits per heavy atom. The molecule has 3 aromatic rings. The number of amides is 1. The summed E-state index contributed by atoms with van der Waals surface area (Å²) in [5.41, 5.74) is 1.19. The molecule has 180 valence electrons. The Kier molecular flexibility index (Phi) is 8.01. The Morgan fingerprint density at radius 2 is 1.47 bits per heavy atom. The molecule has 0 bridgehead atoms. The van der Waals surface area contributed by atoms with E-state index in [2.05, 4.69) is 0 Å². The molecule has 0 saturated heterocycles. The minimum absolute atomic E-state index is 0.278. The maximum atomic E-state index is 12.9. The largest absolute Gasteiger partial charge is 0.493 e. The molecule has 0 aliphatic heterocycles. The third-order valence-electron chi connectivity index (χ3n) is 5.08. The van der Waals surface area contributed by atoms with Gasteiger partial charge in [-0.25, -0.2) is 8.42 Å². The Labute approximate surface area is 200 Å². The molecule has 1 amide bonds. The van der Waals surface area contributed by atoms with Crippen molar-refractivity contribution in [3.63, 3.8) is 0 Å². The molecule has 34 heavy (non-hydrogen) atoms. The Hall–Kier alpha value is -3.72. The summed E-state index contributed by atoms with van der Waals surface area (Å²) in [6.45, 7) is -0.0534. The molecule has 0 unspecified atom stereocenters. The van der Waals surface area contributed by atoms with Gasteiger partial charge in [-0.3, -0.25) is 9.10 Å². The van der Waals surface area contributed by atoms with E-state index in [1.165, 1.54) is 12.0 Å². The van der Waals surface area contributed by atoms with Gasteiger partial charge in [-0.15, -0.1) is 0 Å². The van der Waals surface area contributed by atoms with Crippen molar-refractivity contribution >= 4 is 21.6 Å². The Balaban J connectivity index is 1.71. The molecule has 0 aromatic heterocycles. The standard InChI is InChI=1S/C25H28N2O6S/c1-26(17-19-10-15-23(31-2)24(16-19)32-3)25(28)18-27(34(4,29)30)20-11-13-22(14-12-20)33-21-8-6-5-7-9-21/h5-16H,17-18H2,1-4H3. The van der Waals surface area contributed by atoms with Gasteiger partial charge in [-0.1, -0.05) is 24.3 Å². The lowest BCUT2D eigenvalue weighted by atomic mass is 10.2. The lowest BCUT2D eigenvalue weighted by molar-refractivity contribution is -0.128. The number of ether oxygens (including phenoxy) is 3. The number of para-hydroxylation sites is 1. The molecule has 0 saturated carbocycles. The molecule has 3 aromatic carbocycles. The first kappa shape index (κ1) is 24.9. The number of benzene rings is 3. The van der Waals surface area contributed by atoms with Crippen LogP contribution in [0.3, 0.4) is 0 Å². The highest BCUT2D eigenvalue weighted by Crippen LogP contribution is 2.28. The fourth-order valence-electron chi connectivity index (χ4n) is 3.29. The number of likely N-dealkylation sites (N-methyl/N-ethyl adjacent to an activating group) is 1. The lowest BCUT2D eigenvalue weighted by Crippen LogP contribution is -2.41. The lowest BCUT2D eigenvalue weighted by Gasteiger charge is -2.25. The Bertz CT molecular complexity index is 1210. The van der Waals surface area contributed by atoms with Crippen molar-refractivity contribution < 1.29 is 27.4 Å². The summed E-state index contributed by atoms with van der Waals surface area (Å²) in [4.78, 5) is 14.4. The molecule has 0 fully saturated rings. The van der Waals surface area contributed by atoms with E-state index in [9.17, 15) is 13.2 Å². The van der Waals surface area contributed by atoms with Crippen LogP contribution in [0.1, 0.15) is 5.56 Å². The van der Waals surface area contributed by atoms with Gasteiger partial charge >= 0.3 is 0 Å². The molecular weight excluding hydrogens is 456 g/mol. The number of anilines is 1. The van der Waals surface area contributed by atoms with E-state index < -0.39 is 10.0 Å². The Morgan fingerprint density at radius 1 is 0.853 bits per heavy atom. The molecule has 0 N–H and O–H groups in total. The SMILES string of the molecule is COc1ccc(CN(C)C(=O)CN(c2ccc(Oc3ccccc3)cc2)S(C)(=O)=O)cc1OC. The number of rotatable bonds is 10. The van der Waals surface area contributed by atoms with Crippen LogP contribution in [0.2, 0.25) is 0 Å². The van der Waals surface area contributed by atoms with Gasteiger partial charge in [0.05, 0.1) is 26.2 Å². The van der Waals surface area contributed by atoms with Crippen molar-refractivity contribution in [2.75, 3.05) is 38.4 Å². The van der Waals surface area contributed by atoms with Crippen molar-refractivity contribution in [2.24, 2.45) is 0 Å². The summed E-state index contributed by atoms with van der Waals surface area (Å²) >= 11 is 0. The molecule has 0 spiro atoms. The third kappa shape index (κ3) is 6.41. The van der Waals surface area contributed by atoms with Crippen LogP contribution in [0.4, 0.5) is 5.69 Å². The van der Waals surface area contributed by atoms with Gasteiger partial charge < -0.3 is 19.1 Å². The van der Waals surface area contributed by atoms with E-state index in [4.69, 9.17) is 14.2 Å². The van der Waals surface area contributed by atoms with Crippen LogP contribution < -0.4 is 18.5 Å². The van der Waals surface area contributed by atoms with Gasteiger partial charge in [0.25, 0.3) is 0 Å². The van der Waals surface area contributed by atoms with Gasteiger partial charge in [-0.2, -0.15) is 0 Å². The van der Waals surface area contributed by atoms with E-state index in [0.717, 1.165) is 16.1 Å². The second-order valence-corrected chi connectivity index (χ2v) is 9.52. The maximum Gasteiger partial charge on any atom is 0.243 e. The summed E-state index contributed by atoms with van der Waals surface area (Å²) in [6, 6.07) is 21.2. The number of nitrogens with zero attached hydrogens (tertiary/aromatic N) is 2. The average molecular weight is 485 g/mol. The second-order valence-electron chi connectivity index (χ2n) is 7.62. The minimum atomic E-state index is -3.70. The van der Waals surface area contributed by atoms with Crippen molar-refractivity contribution in [2.45, 2.75) is 6.54 Å². The van der Waals surface area contributed by atoms with Crippen LogP contribution in [0.25, 0.3) is 0 Å². The van der Waals surface area contributed by atoms with Gasteiger partial charge in [0.1, 0.15) is 18.0 Å². The van der Waals surface area contributed by atoms with Crippen LogP contribution in [0, 0.1) is 0 Å². The van der Waals surface area contributed by atoms with Crippen molar-refractivity contribution in [1.82, 2.24) is 4.90 Å². The van der Waals surface area contributed by atoms with Gasteiger partial charge in [-0.05, 0) is 54.1 Å². The highest BCUT2D eigenvalue weighted by Gasteiger charge is 2.23. The summed E-state index contributed by atoms with van der Waals surface area (Å²) in [5.74, 6) is 2.01. The number of methoxy groups -OCH3 is 2. The second kappa shape index (κ2) is 10.9. The van der Waals surface area contributed by atoms with E-state index in [1.54, 1.807) is 50.6 Å². The van der Waals surface area contributed by atoms with Crippen LogP contribution in [-0.4, -0.2) is 53.3 Å². The summed E-state index contributed by atoms with van der Waals surface area (Å²) in [5, 5.41) is 0. The first-order chi connectivity index (χ1) is 16.2. The predicted octanol–water partition coefficient (Wildman–Crippen LogP) is 3.92. The van der Waals surface area contributed by atoms with E-state index >= 15 is 0 Å². The van der Waals surface area contributed by atoms with Crippen LogP contribution in [0.15, 0.2) is 72.8 Å². The predicted molar refractivity (Wildman–Crippen MR) is 131 cm³/mol. The van der Waals surface area contributed by atoms with Crippen molar-refractivity contribution in [1.29, 1.82) is 0 Å². The van der Waals surface area contributed by atoms with Gasteiger partial charge in [0, 0.05) is 13.6 Å². The molecule has 9 heteroatoms. The number of carbonyl (C=O) groups excluding carboxylic acids is 1. The fourth-order valence-corrected chi connectivity index (χ4v) is 4.14. The van der Waals surface area contributed by atoms with E-state index in [0.29, 0.717) is 28.7 Å². The maximum absolute atomic E-state index is 12.9. The number of sulfonamides is 1. The van der Waals surface area contributed by atoms with Crippen LogP contribution in [-0.2, 0) is 21.4 Å². The fraction of sp³-hybridized carbons (Fsp3) is 0.240. The summed E-state index contributed by atoms with van der Waals surface area (Å²) in [6.07, 6.45) is 1.07. The summed E-state index contributed by atoms with van der Waals surface area (Å²) < 4.78 is 42.3. The zero-order valence-corrected chi connectivity index (χ0v) is 20.4. The first-order valence-corrected chi connectivity index (χ1v) is 12.3. The van der Waals surface area contributed by atoms with Gasteiger partial charge in [0.2, 0.25) is 15.9 Å². The average Bonchev–Trinajstić information content (AvgIpc) is 2.82. The quantitative estimate of drug-likeness (QED) is 0.434. The first-order valence-electron chi connectivity index (χ1n) is 10.5. The third-order valence-corrected chi connectivity index (χ3v) is 6.22. The number of hydrogen-bond acceptors (Lipinski definition) is 6. The zero-order valence-electron chi connectivity index (χ0n) is 19.6. The molecule has 3 rings (SSSR count). The molecule has 0 atom stereocenters. The molecular formula is C25H28N2O6S. The van der Waals surface area contributed by atoms with E-state index in [-0.39, 0.29) is 19.0 Å². The molecule has 0 aliphatic carbocycles. The van der Waals surface area contributed by atoms with E-state index in [1.807, 2.05) is 36.4 Å². The highest BCUT2D eigenvalue weighted by molar-refractivity contribution is 7.92. The van der Waals surface area contributed by atoms with Crippen LogP contribution >= 0.6 is 0 Å². The summed E-state index contributed by atoms with van der Waals surface area (Å²) in [7, 11) is 1.01. The zero-order chi connectivity index (χ0) is 24.7. The molecule has 0 radical (unpaired) electrons. The highest BCUT2D eigenvalue weighted by atomic mass is 32.2. The normalized spacial score (nSPS) is 10.9. The molecule has 8 nitrogen and oxygen atoms in total. The molecule has 0 heterocycles. The monoisotopic (exact) mass is 484 g/mol. The topological polar surface area (TPSA) is 85.4 Å². The van der Waals surface area contributed by atoms with Crippen LogP contribution in [0.5, 0.6) is 23.0 Å². The number of hydrogen-bond donors (Lipinski definition) is 0. The van der Waals surface area contributed by atoms with Gasteiger partial charge in [0.15, 0.2) is 11.5 Å². The van der Waals surface area contributed by atoms with Crippen molar-refractivity contribution in [3.05, 3.63) is 78.4 Å². The van der Waals surface area contributed by atoms with Crippen molar-refractivity contribution in [3.8, 4) is 23.0 Å².